The van der Waals surface area contributed by atoms with Gasteiger partial charge in [-0.1, -0.05) is 13.8 Å². The standard InChI is InChI=1S/C16H27N3O2.HI/c1-5-21-15(12(2)3)10-11-18-16(17)19-13-6-8-14(20-4)9-7-13;/h6-9,12,15H,5,10-11H2,1-4H3,(H3,17,18,19);1H. The van der Waals surface area contributed by atoms with Gasteiger partial charge in [-0.05, 0) is 43.5 Å². The minimum Gasteiger partial charge on any atom is -0.497 e. The first kappa shape index (κ1) is 21.0. The molecule has 0 spiro atoms. The first-order valence-corrected chi connectivity index (χ1v) is 7.39. The van der Waals surface area contributed by atoms with E-state index in [0.29, 0.717) is 18.4 Å². The van der Waals surface area contributed by atoms with Gasteiger partial charge in [0.2, 0.25) is 0 Å². The molecule has 0 saturated heterocycles. The Bertz CT molecular complexity index is 436. The molecule has 0 heterocycles. The summed E-state index contributed by atoms with van der Waals surface area (Å²) in [5, 5.41) is 3.06. The topological polar surface area (TPSA) is 68.9 Å². The van der Waals surface area contributed by atoms with Gasteiger partial charge in [-0.2, -0.15) is 0 Å². The van der Waals surface area contributed by atoms with E-state index < -0.39 is 0 Å². The van der Waals surface area contributed by atoms with Crippen LogP contribution < -0.4 is 15.8 Å². The number of ether oxygens (including phenoxy) is 2. The van der Waals surface area contributed by atoms with Gasteiger partial charge >= 0.3 is 0 Å². The molecule has 1 unspecified atom stereocenters. The number of nitrogens with zero attached hydrogens (tertiary/aromatic N) is 1. The molecule has 0 aliphatic rings. The van der Waals surface area contributed by atoms with Crippen LogP contribution in [0.2, 0.25) is 0 Å². The summed E-state index contributed by atoms with van der Waals surface area (Å²) in [5.74, 6) is 1.71. The third kappa shape index (κ3) is 7.84. The van der Waals surface area contributed by atoms with Crippen LogP contribution in [0.25, 0.3) is 0 Å². The van der Waals surface area contributed by atoms with Crippen molar-refractivity contribution in [1.29, 1.82) is 0 Å². The van der Waals surface area contributed by atoms with Crippen molar-refractivity contribution in [3.05, 3.63) is 24.3 Å². The molecule has 0 aromatic heterocycles. The van der Waals surface area contributed by atoms with Gasteiger partial charge in [0.25, 0.3) is 0 Å². The molecule has 1 aromatic rings. The smallest absolute Gasteiger partial charge is 0.193 e. The minimum absolute atomic E-state index is 0. The van der Waals surface area contributed by atoms with Crippen LogP contribution in [0.1, 0.15) is 27.2 Å². The maximum absolute atomic E-state index is 5.88. The largest absolute Gasteiger partial charge is 0.497 e. The van der Waals surface area contributed by atoms with E-state index in [0.717, 1.165) is 24.5 Å². The molecule has 0 amide bonds. The van der Waals surface area contributed by atoms with Crippen molar-refractivity contribution in [2.75, 3.05) is 25.6 Å². The van der Waals surface area contributed by atoms with Gasteiger partial charge in [0.1, 0.15) is 5.75 Å². The molecule has 126 valence electrons. The summed E-state index contributed by atoms with van der Waals surface area (Å²) in [6.07, 6.45) is 1.10. The highest BCUT2D eigenvalue weighted by Gasteiger charge is 2.12. The number of halogens is 1. The van der Waals surface area contributed by atoms with E-state index in [9.17, 15) is 0 Å². The van der Waals surface area contributed by atoms with Crippen LogP contribution in [-0.2, 0) is 4.74 Å². The Morgan fingerprint density at radius 3 is 2.41 bits per heavy atom. The molecule has 1 atom stereocenters. The van der Waals surface area contributed by atoms with Crippen LogP contribution in [-0.4, -0.2) is 32.3 Å². The molecular weight excluding hydrogens is 393 g/mol. The zero-order valence-corrected chi connectivity index (χ0v) is 16.2. The lowest BCUT2D eigenvalue weighted by Gasteiger charge is -2.19. The van der Waals surface area contributed by atoms with E-state index in [2.05, 4.69) is 24.2 Å². The zero-order valence-electron chi connectivity index (χ0n) is 13.8. The lowest BCUT2D eigenvalue weighted by molar-refractivity contribution is 0.0266. The summed E-state index contributed by atoms with van der Waals surface area (Å²) >= 11 is 0. The van der Waals surface area contributed by atoms with Crippen molar-refractivity contribution in [2.45, 2.75) is 33.3 Å². The summed E-state index contributed by atoms with van der Waals surface area (Å²) < 4.78 is 10.8. The molecule has 1 aromatic carbocycles. The lowest BCUT2D eigenvalue weighted by Crippen LogP contribution is -2.25. The predicted molar refractivity (Wildman–Crippen MR) is 103 cm³/mol. The van der Waals surface area contributed by atoms with Crippen molar-refractivity contribution < 1.29 is 9.47 Å². The van der Waals surface area contributed by atoms with Gasteiger partial charge in [-0.25, -0.2) is 0 Å². The summed E-state index contributed by atoms with van der Waals surface area (Å²) in [6.45, 7) is 7.70. The van der Waals surface area contributed by atoms with E-state index >= 15 is 0 Å². The van der Waals surface area contributed by atoms with Crippen LogP contribution in [0.5, 0.6) is 5.75 Å². The fraction of sp³-hybridized carbons (Fsp3) is 0.562. The summed E-state index contributed by atoms with van der Waals surface area (Å²) in [5.41, 5.74) is 6.77. The van der Waals surface area contributed by atoms with Crippen molar-refractivity contribution in [3.8, 4) is 5.75 Å². The van der Waals surface area contributed by atoms with Gasteiger partial charge in [-0.3, -0.25) is 4.99 Å². The highest BCUT2D eigenvalue weighted by molar-refractivity contribution is 14.0. The second-order valence-electron chi connectivity index (χ2n) is 5.15. The molecule has 6 heteroatoms. The third-order valence-corrected chi connectivity index (χ3v) is 3.18. The Morgan fingerprint density at radius 2 is 1.91 bits per heavy atom. The van der Waals surface area contributed by atoms with Gasteiger partial charge in [0.15, 0.2) is 5.96 Å². The predicted octanol–water partition coefficient (Wildman–Crippen LogP) is 3.49. The Morgan fingerprint density at radius 1 is 1.27 bits per heavy atom. The summed E-state index contributed by atoms with van der Waals surface area (Å²) in [7, 11) is 1.64. The second kappa shape index (κ2) is 11.5. The number of nitrogens with two attached hydrogens (primary N) is 1. The quantitative estimate of drug-likeness (QED) is 0.383. The molecule has 0 fully saturated rings. The SMILES string of the molecule is CCOC(CCN=C(N)Nc1ccc(OC)cc1)C(C)C.I. The minimum atomic E-state index is 0. The molecule has 1 rings (SSSR count). The molecular formula is C16H28IN3O2. The van der Waals surface area contributed by atoms with Crippen LogP contribution >= 0.6 is 24.0 Å². The Kier molecular flexibility index (Phi) is 11.0. The second-order valence-corrected chi connectivity index (χ2v) is 5.15. The summed E-state index contributed by atoms with van der Waals surface area (Å²) in [4.78, 5) is 4.34. The number of hydrogen-bond donors (Lipinski definition) is 2. The molecule has 5 nitrogen and oxygen atoms in total. The van der Waals surface area contributed by atoms with E-state index in [-0.39, 0.29) is 30.1 Å². The Hall–Kier alpha value is -1.02. The number of rotatable bonds is 8. The van der Waals surface area contributed by atoms with Gasteiger partial charge in [0, 0.05) is 18.8 Å². The van der Waals surface area contributed by atoms with Gasteiger partial charge in [-0.15, -0.1) is 24.0 Å². The third-order valence-electron chi connectivity index (χ3n) is 3.18. The number of aliphatic imine (C=N–C) groups is 1. The first-order valence-electron chi connectivity index (χ1n) is 7.39. The highest BCUT2D eigenvalue weighted by atomic mass is 127. The first-order chi connectivity index (χ1) is 10.1. The normalized spacial score (nSPS) is 12.7. The molecule has 22 heavy (non-hydrogen) atoms. The van der Waals surface area contributed by atoms with E-state index in [1.807, 2.05) is 31.2 Å². The Labute approximate surface area is 150 Å². The number of guanidine groups is 1. The van der Waals surface area contributed by atoms with E-state index in [1.165, 1.54) is 0 Å². The average molecular weight is 421 g/mol. The molecule has 0 radical (unpaired) electrons. The maximum atomic E-state index is 5.88. The van der Waals surface area contributed by atoms with Crippen molar-refractivity contribution in [2.24, 2.45) is 16.6 Å². The number of nitrogens with one attached hydrogen (secondary N) is 1. The fourth-order valence-electron chi connectivity index (χ4n) is 2.00. The van der Waals surface area contributed by atoms with Gasteiger partial charge < -0.3 is 20.5 Å². The number of anilines is 1. The molecule has 0 aliphatic carbocycles. The Balaban J connectivity index is 0.00000441. The van der Waals surface area contributed by atoms with Crippen LogP contribution in [0, 0.1) is 5.92 Å². The molecule has 3 N–H and O–H groups in total. The van der Waals surface area contributed by atoms with E-state index in [1.54, 1.807) is 7.11 Å². The van der Waals surface area contributed by atoms with E-state index in [4.69, 9.17) is 15.2 Å². The summed E-state index contributed by atoms with van der Waals surface area (Å²) in [6, 6.07) is 7.55. The molecule has 0 bridgehead atoms. The number of methoxy groups -OCH3 is 1. The van der Waals surface area contributed by atoms with Crippen molar-refractivity contribution in [1.82, 2.24) is 0 Å². The zero-order chi connectivity index (χ0) is 15.7. The number of hydrogen-bond acceptors (Lipinski definition) is 3. The average Bonchev–Trinajstić information content (AvgIpc) is 2.47. The molecule has 0 aliphatic heterocycles. The van der Waals surface area contributed by atoms with Crippen molar-refractivity contribution >= 4 is 35.6 Å². The van der Waals surface area contributed by atoms with Crippen molar-refractivity contribution in [3.63, 3.8) is 0 Å². The highest BCUT2D eigenvalue weighted by Crippen LogP contribution is 2.15. The van der Waals surface area contributed by atoms with Crippen LogP contribution in [0.15, 0.2) is 29.3 Å². The van der Waals surface area contributed by atoms with Crippen LogP contribution in [0.3, 0.4) is 0 Å². The number of benzene rings is 1. The van der Waals surface area contributed by atoms with Gasteiger partial charge in [0.05, 0.1) is 13.2 Å². The van der Waals surface area contributed by atoms with Crippen LogP contribution in [0.4, 0.5) is 5.69 Å². The molecule has 0 saturated carbocycles. The lowest BCUT2D eigenvalue weighted by atomic mass is 10.0. The fourth-order valence-corrected chi connectivity index (χ4v) is 2.00. The monoisotopic (exact) mass is 421 g/mol. The maximum Gasteiger partial charge on any atom is 0.193 e.